The summed E-state index contributed by atoms with van der Waals surface area (Å²) in [5.74, 6) is -0.268. The van der Waals surface area contributed by atoms with Gasteiger partial charge >= 0.3 is 5.97 Å². The van der Waals surface area contributed by atoms with Gasteiger partial charge in [-0.2, -0.15) is 4.98 Å². The average Bonchev–Trinajstić information content (AvgIpc) is 3.28. The Kier molecular flexibility index (Phi) is 7.22. The van der Waals surface area contributed by atoms with E-state index in [-0.39, 0.29) is 13.0 Å². The summed E-state index contributed by atoms with van der Waals surface area (Å²) < 4.78 is 17.2. The summed E-state index contributed by atoms with van der Waals surface area (Å²) in [6, 6.07) is 25.1. The van der Waals surface area contributed by atoms with Crippen molar-refractivity contribution in [1.82, 2.24) is 4.98 Å². The van der Waals surface area contributed by atoms with E-state index >= 15 is 0 Å². The quantitative estimate of drug-likeness (QED) is 0.362. The molecule has 1 N–H and O–H groups in total. The molecule has 1 unspecified atom stereocenters. The molecule has 7 heteroatoms. The zero-order valence-corrected chi connectivity index (χ0v) is 18.4. The van der Waals surface area contributed by atoms with Gasteiger partial charge in [0.25, 0.3) is 6.01 Å². The van der Waals surface area contributed by atoms with Crippen molar-refractivity contribution in [3.05, 3.63) is 90.0 Å². The molecule has 33 heavy (non-hydrogen) atoms. The van der Waals surface area contributed by atoms with E-state index in [4.69, 9.17) is 13.9 Å². The molecule has 1 aromatic heterocycles. The maximum atomic E-state index is 11.6. The zero-order valence-electron chi connectivity index (χ0n) is 18.4. The normalized spacial score (nSPS) is 11.9. The molecule has 0 saturated heterocycles. The fourth-order valence-corrected chi connectivity index (χ4v) is 3.34. The number of hydrogen-bond donors (Lipinski definition) is 1. The lowest BCUT2D eigenvalue weighted by molar-refractivity contribution is -0.151. The Bertz CT molecular complexity index is 1140. The first-order chi connectivity index (χ1) is 16.1. The molecule has 4 aromatic rings. The molecule has 0 fully saturated rings. The molecule has 3 aromatic carbocycles. The van der Waals surface area contributed by atoms with Gasteiger partial charge in [0.05, 0.1) is 13.2 Å². The van der Waals surface area contributed by atoms with Crippen LogP contribution >= 0.6 is 0 Å². The van der Waals surface area contributed by atoms with E-state index in [1.807, 2.05) is 90.8 Å². The van der Waals surface area contributed by atoms with Gasteiger partial charge in [-0.1, -0.05) is 54.6 Å². The number of aliphatic carboxylic acids is 1. The molecule has 0 radical (unpaired) electrons. The highest BCUT2D eigenvalue weighted by Crippen LogP contribution is 2.21. The maximum absolute atomic E-state index is 11.6. The monoisotopic (exact) mass is 446 g/mol. The number of carboxylic acids is 1. The highest BCUT2D eigenvalue weighted by molar-refractivity contribution is 5.74. The molecule has 1 atom stereocenters. The Morgan fingerprint density at radius 1 is 1.00 bits per heavy atom. The molecule has 170 valence electrons. The van der Waals surface area contributed by atoms with Crippen molar-refractivity contribution in [2.45, 2.75) is 19.1 Å². The van der Waals surface area contributed by atoms with Gasteiger partial charge < -0.3 is 23.9 Å². The summed E-state index contributed by atoms with van der Waals surface area (Å²) in [5, 5.41) is 9.51. The Morgan fingerprint density at radius 3 is 2.45 bits per heavy atom. The van der Waals surface area contributed by atoms with E-state index in [0.717, 1.165) is 22.2 Å². The van der Waals surface area contributed by atoms with Crippen molar-refractivity contribution >= 4 is 23.1 Å². The summed E-state index contributed by atoms with van der Waals surface area (Å²) in [7, 11) is 1.90. The molecule has 4 rings (SSSR count). The van der Waals surface area contributed by atoms with Crippen LogP contribution in [0.25, 0.3) is 11.1 Å². The molecule has 0 aliphatic heterocycles. The van der Waals surface area contributed by atoms with E-state index in [1.54, 1.807) is 0 Å². The number of oxazole rings is 1. The van der Waals surface area contributed by atoms with Crippen LogP contribution in [0.4, 0.5) is 6.01 Å². The van der Waals surface area contributed by atoms with Crippen LogP contribution in [0.15, 0.2) is 83.3 Å². The van der Waals surface area contributed by atoms with Crippen molar-refractivity contribution in [3.63, 3.8) is 0 Å². The third kappa shape index (κ3) is 6.11. The molecule has 1 heterocycles. The predicted molar refractivity (Wildman–Crippen MR) is 126 cm³/mol. The number of carbonyl (C=O) groups is 1. The van der Waals surface area contributed by atoms with Gasteiger partial charge in [0.1, 0.15) is 17.9 Å². The van der Waals surface area contributed by atoms with Gasteiger partial charge in [-0.25, -0.2) is 4.79 Å². The van der Waals surface area contributed by atoms with Gasteiger partial charge in [0, 0.05) is 13.5 Å². The summed E-state index contributed by atoms with van der Waals surface area (Å²) in [6.07, 6.45) is -0.634. The number of nitrogens with zero attached hydrogens (tertiary/aromatic N) is 2. The number of hydrogen-bond acceptors (Lipinski definition) is 6. The van der Waals surface area contributed by atoms with Crippen LogP contribution < -0.4 is 9.64 Å². The molecule has 0 aliphatic carbocycles. The van der Waals surface area contributed by atoms with E-state index in [0.29, 0.717) is 24.9 Å². The average molecular weight is 447 g/mol. The highest BCUT2D eigenvalue weighted by atomic mass is 16.5. The minimum absolute atomic E-state index is 0.257. The minimum Gasteiger partial charge on any atom is -0.492 e. The van der Waals surface area contributed by atoms with E-state index < -0.39 is 12.1 Å². The van der Waals surface area contributed by atoms with Crippen molar-refractivity contribution in [2.75, 3.05) is 25.1 Å². The number of rotatable bonds is 11. The summed E-state index contributed by atoms with van der Waals surface area (Å²) in [6.45, 7) is 1.31. The smallest absolute Gasteiger partial charge is 0.333 e. The lowest BCUT2D eigenvalue weighted by Crippen LogP contribution is -2.26. The first-order valence-corrected chi connectivity index (χ1v) is 10.8. The molecular formula is C26H26N2O5. The summed E-state index contributed by atoms with van der Waals surface area (Å²) in [5.41, 5.74) is 3.38. The van der Waals surface area contributed by atoms with E-state index in [9.17, 15) is 9.90 Å². The van der Waals surface area contributed by atoms with Crippen LogP contribution in [0.5, 0.6) is 5.75 Å². The Balaban J connectivity index is 1.26. The topological polar surface area (TPSA) is 85.0 Å². The second-order valence-electron chi connectivity index (χ2n) is 7.71. The predicted octanol–water partition coefficient (Wildman–Crippen LogP) is 4.56. The lowest BCUT2D eigenvalue weighted by atomic mass is 10.1. The standard InChI is InChI=1S/C26H26N2O5/c1-28(26-27-22-9-5-6-10-23(22)33-26)15-16-31-21-13-11-19(12-14-21)17-24(25(29)30)32-18-20-7-3-2-4-8-20/h2-14,24H,15-18H2,1H3,(H,29,30). The molecule has 0 aliphatic rings. The lowest BCUT2D eigenvalue weighted by Gasteiger charge is -2.16. The number of ether oxygens (including phenoxy) is 2. The van der Waals surface area contributed by atoms with Crippen LogP contribution in [0.3, 0.4) is 0 Å². The molecule has 0 saturated carbocycles. The highest BCUT2D eigenvalue weighted by Gasteiger charge is 2.19. The van der Waals surface area contributed by atoms with Gasteiger partial charge in [0.2, 0.25) is 0 Å². The van der Waals surface area contributed by atoms with Crippen molar-refractivity contribution < 1.29 is 23.8 Å². The number of para-hydroxylation sites is 2. The Labute approximate surface area is 192 Å². The number of carboxylic acid groups (broad SMARTS) is 1. The third-order valence-electron chi connectivity index (χ3n) is 5.22. The number of aromatic nitrogens is 1. The number of fused-ring (bicyclic) bond motifs is 1. The van der Waals surface area contributed by atoms with Gasteiger partial charge in [-0.05, 0) is 35.4 Å². The van der Waals surface area contributed by atoms with Gasteiger partial charge in [-0.15, -0.1) is 0 Å². The minimum atomic E-state index is -0.978. The summed E-state index contributed by atoms with van der Waals surface area (Å²) >= 11 is 0. The van der Waals surface area contributed by atoms with Crippen molar-refractivity contribution in [1.29, 1.82) is 0 Å². The number of likely N-dealkylation sites (N-methyl/N-ethyl adjacent to an activating group) is 1. The second-order valence-corrected chi connectivity index (χ2v) is 7.71. The van der Waals surface area contributed by atoms with E-state index in [2.05, 4.69) is 4.98 Å². The second kappa shape index (κ2) is 10.7. The van der Waals surface area contributed by atoms with Gasteiger partial charge in [0.15, 0.2) is 11.7 Å². The summed E-state index contributed by atoms with van der Waals surface area (Å²) in [4.78, 5) is 18.0. The number of anilines is 1. The first-order valence-electron chi connectivity index (χ1n) is 10.8. The van der Waals surface area contributed by atoms with Crippen LogP contribution in [0, 0.1) is 0 Å². The maximum Gasteiger partial charge on any atom is 0.333 e. The van der Waals surface area contributed by atoms with Crippen molar-refractivity contribution in [3.8, 4) is 5.75 Å². The fourth-order valence-electron chi connectivity index (χ4n) is 3.34. The SMILES string of the molecule is CN(CCOc1ccc(CC(OCc2ccccc2)C(=O)O)cc1)c1nc2ccccc2o1. The van der Waals surface area contributed by atoms with E-state index in [1.165, 1.54) is 0 Å². The zero-order chi connectivity index (χ0) is 23.0. The van der Waals surface area contributed by atoms with Crippen LogP contribution in [-0.4, -0.2) is 42.4 Å². The van der Waals surface area contributed by atoms with Crippen LogP contribution in [0.2, 0.25) is 0 Å². The van der Waals surface area contributed by atoms with Crippen LogP contribution in [0.1, 0.15) is 11.1 Å². The molecule has 0 spiro atoms. The Hall–Kier alpha value is -3.84. The van der Waals surface area contributed by atoms with Crippen molar-refractivity contribution in [2.24, 2.45) is 0 Å². The molecular weight excluding hydrogens is 420 g/mol. The largest absolute Gasteiger partial charge is 0.492 e. The fraction of sp³-hybridized carbons (Fsp3) is 0.231. The molecule has 7 nitrogen and oxygen atoms in total. The third-order valence-corrected chi connectivity index (χ3v) is 5.22. The Morgan fingerprint density at radius 2 is 1.73 bits per heavy atom. The molecule has 0 amide bonds. The van der Waals surface area contributed by atoms with Crippen LogP contribution in [-0.2, 0) is 22.6 Å². The molecule has 0 bridgehead atoms. The number of benzene rings is 3. The first kappa shape index (κ1) is 22.4. The van der Waals surface area contributed by atoms with Gasteiger partial charge in [-0.3, -0.25) is 0 Å².